The second-order valence-corrected chi connectivity index (χ2v) is 10.1. The van der Waals surface area contributed by atoms with Crippen LogP contribution in [0.5, 0.6) is 0 Å². The molecule has 1 saturated carbocycles. The fourth-order valence-electron chi connectivity index (χ4n) is 4.38. The minimum Gasteiger partial charge on any atom is -0.335 e. The highest BCUT2D eigenvalue weighted by Crippen LogP contribution is 2.37. The van der Waals surface area contributed by atoms with Crippen LogP contribution in [0.15, 0.2) is 0 Å². The lowest BCUT2D eigenvalue weighted by Gasteiger charge is -2.38. The van der Waals surface area contributed by atoms with Crippen LogP contribution >= 0.6 is 0 Å². The maximum atomic E-state index is 12.5. The molecule has 3 unspecified atom stereocenters. The van der Waals surface area contributed by atoms with Crippen LogP contribution in [-0.2, 0) is 0 Å². The van der Waals surface area contributed by atoms with Crippen LogP contribution < -0.4 is 26.6 Å². The third-order valence-corrected chi connectivity index (χ3v) is 6.14. The van der Waals surface area contributed by atoms with E-state index in [1.165, 1.54) is 12.8 Å². The fraction of sp³-hybridized carbons (Fsp3) is 0.952. The highest BCUT2D eigenvalue weighted by atomic mass is 16.2. The van der Waals surface area contributed by atoms with E-state index < -0.39 is 0 Å². The van der Waals surface area contributed by atoms with E-state index in [0.717, 1.165) is 44.7 Å². The minimum atomic E-state index is -0.207. The van der Waals surface area contributed by atoms with Crippen molar-refractivity contribution in [1.82, 2.24) is 31.5 Å². The zero-order valence-corrected chi connectivity index (χ0v) is 18.9. The molecule has 5 N–H and O–H groups in total. The molecule has 0 radical (unpaired) electrons. The summed E-state index contributed by atoms with van der Waals surface area (Å²) in [6.07, 6.45) is 6.67. The molecule has 2 amide bonds. The van der Waals surface area contributed by atoms with Crippen molar-refractivity contribution in [1.29, 1.82) is 0 Å². The molecular formula is C21H44N6O. The molecule has 1 aliphatic heterocycles. The summed E-state index contributed by atoms with van der Waals surface area (Å²) in [5.74, 6) is 0.760. The zero-order chi connectivity index (χ0) is 20.7. The Hall–Kier alpha value is -0.890. The van der Waals surface area contributed by atoms with Crippen molar-refractivity contribution < 1.29 is 4.79 Å². The number of carbonyl (C=O) groups is 1. The Morgan fingerprint density at radius 1 is 1.07 bits per heavy atom. The van der Waals surface area contributed by atoms with E-state index in [1.54, 1.807) is 0 Å². The third-order valence-electron chi connectivity index (χ3n) is 6.14. The van der Waals surface area contributed by atoms with Gasteiger partial charge in [-0.1, -0.05) is 20.8 Å². The lowest BCUT2D eigenvalue weighted by Crippen LogP contribution is -2.68. The van der Waals surface area contributed by atoms with Gasteiger partial charge in [0.15, 0.2) is 0 Å². The van der Waals surface area contributed by atoms with Gasteiger partial charge >= 0.3 is 6.03 Å². The molecule has 7 nitrogen and oxygen atoms in total. The molecule has 0 bridgehead atoms. The number of nitrogens with one attached hydrogen (secondary N) is 5. The van der Waals surface area contributed by atoms with E-state index >= 15 is 0 Å². The molecule has 7 heteroatoms. The van der Waals surface area contributed by atoms with Crippen LogP contribution in [-0.4, -0.2) is 62.7 Å². The molecule has 2 rings (SSSR count). The Balaban J connectivity index is 1.69. The Morgan fingerprint density at radius 3 is 2.36 bits per heavy atom. The number of carbonyl (C=O) groups excluding carboxylic acids is 1. The Morgan fingerprint density at radius 2 is 1.75 bits per heavy atom. The Bertz CT molecular complexity index is 470. The first kappa shape index (κ1) is 23.4. The van der Waals surface area contributed by atoms with Crippen molar-refractivity contribution in [2.45, 2.75) is 90.8 Å². The fourth-order valence-corrected chi connectivity index (χ4v) is 4.38. The van der Waals surface area contributed by atoms with Gasteiger partial charge in [-0.05, 0) is 84.0 Å². The van der Waals surface area contributed by atoms with Gasteiger partial charge in [-0.15, -0.1) is 0 Å². The van der Waals surface area contributed by atoms with Gasteiger partial charge in [0, 0.05) is 12.1 Å². The van der Waals surface area contributed by atoms with Gasteiger partial charge in [0.1, 0.15) is 6.29 Å². The summed E-state index contributed by atoms with van der Waals surface area (Å²) in [7, 11) is 4.19. The SMILES string of the molecule is CC1CC(NCCCN(C)C)NC(NC(=O)NC2CCC(C(C)(C)C)CC2)N1. The maximum Gasteiger partial charge on any atom is 0.317 e. The molecule has 28 heavy (non-hydrogen) atoms. The second-order valence-electron chi connectivity index (χ2n) is 10.1. The Labute approximate surface area is 172 Å². The average molecular weight is 397 g/mol. The van der Waals surface area contributed by atoms with Crippen molar-refractivity contribution in [3.05, 3.63) is 0 Å². The molecule has 1 saturated heterocycles. The van der Waals surface area contributed by atoms with E-state index in [1.807, 2.05) is 0 Å². The van der Waals surface area contributed by atoms with Crippen LogP contribution in [0.3, 0.4) is 0 Å². The van der Waals surface area contributed by atoms with E-state index in [2.05, 4.69) is 73.3 Å². The lowest BCUT2D eigenvalue weighted by atomic mass is 9.71. The van der Waals surface area contributed by atoms with Crippen LogP contribution in [0.25, 0.3) is 0 Å². The van der Waals surface area contributed by atoms with Gasteiger partial charge in [0.2, 0.25) is 0 Å². The molecule has 0 aromatic carbocycles. The predicted molar refractivity (Wildman–Crippen MR) is 116 cm³/mol. The molecule has 164 valence electrons. The van der Waals surface area contributed by atoms with Gasteiger partial charge in [-0.2, -0.15) is 0 Å². The van der Waals surface area contributed by atoms with Crippen molar-refractivity contribution in [2.24, 2.45) is 11.3 Å². The van der Waals surface area contributed by atoms with Gasteiger partial charge in [-0.25, -0.2) is 4.79 Å². The quantitative estimate of drug-likeness (QED) is 0.426. The highest BCUT2D eigenvalue weighted by molar-refractivity contribution is 5.74. The summed E-state index contributed by atoms with van der Waals surface area (Å²) < 4.78 is 0. The van der Waals surface area contributed by atoms with Gasteiger partial charge in [-0.3, -0.25) is 10.6 Å². The van der Waals surface area contributed by atoms with E-state index in [-0.39, 0.29) is 18.5 Å². The van der Waals surface area contributed by atoms with Gasteiger partial charge in [0.25, 0.3) is 0 Å². The molecule has 1 aliphatic carbocycles. The smallest absolute Gasteiger partial charge is 0.317 e. The molecule has 1 heterocycles. The molecule has 0 aromatic rings. The third kappa shape index (κ3) is 8.23. The van der Waals surface area contributed by atoms with Crippen LogP contribution in [0, 0.1) is 11.3 Å². The van der Waals surface area contributed by atoms with E-state index in [0.29, 0.717) is 17.5 Å². The second kappa shape index (κ2) is 10.8. The molecule has 2 aliphatic rings. The molecular weight excluding hydrogens is 352 g/mol. The van der Waals surface area contributed by atoms with Crippen molar-refractivity contribution in [2.75, 3.05) is 27.2 Å². The first-order valence-corrected chi connectivity index (χ1v) is 11.1. The summed E-state index contributed by atoms with van der Waals surface area (Å²) >= 11 is 0. The van der Waals surface area contributed by atoms with Crippen molar-refractivity contribution >= 4 is 6.03 Å². The topological polar surface area (TPSA) is 80.5 Å². The van der Waals surface area contributed by atoms with E-state index in [4.69, 9.17) is 0 Å². The summed E-state index contributed by atoms with van der Waals surface area (Å²) in [6, 6.07) is 0.560. The van der Waals surface area contributed by atoms with Crippen LogP contribution in [0.4, 0.5) is 4.79 Å². The van der Waals surface area contributed by atoms with Crippen molar-refractivity contribution in [3.8, 4) is 0 Å². The van der Waals surface area contributed by atoms with Crippen LogP contribution in [0.2, 0.25) is 0 Å². The number of urea groups is 1. The van der Waals surface area contributed by atoms with Crippen LogP contribution in [0.1, 0.15) is 66.2 Å². The average Bonchev–Trinajstić information content (AvgIpc) is 2.57. The molecule has 0 aromatic heterocycles. The lowest BCUT2D eigenvalue weighted by molar-refractivity contribution is 0.156. The minimum absolute atomic E-state index is 0.0790. The summed E-state index contributed by atoms with van der Waals surface area (Å²) in [4.78, 5) is 14.7. The van der Waals surface area contributed by atoms with E-state index in [9.17, 15) is 4.79 Å². The Kier molecular flexibility index (Phi) is 8.99. The number of hydrogen-bond donors (Lipinski definition) is 5. The first-order valence-electron chi connectivity index (χ1n) is 11.1. The standard InChI is InChI=1S/C21H44N6O/c1-15-14-18(22-12-7-13-27(5)6)25-19(23-15)26-20(28)24-17-10-8-16(9-11-17)21(2,3)4/h15-19,22-23,25H,7-14H2,1-6H3,(H2,24,26,28). The molecule has 2 fully saturated rings. The zero-order valence-electron chi connectivity index (χ0n) is 18.9. The summed E-state index contributed by atoms with van der Waals surface area (Å²) in [6.45, 7) is 11.2. The number of amides is 2. The highest BCUT2D eigenvalue weighted by Gasteiger charge is 2.31. The predicted octanol–water partition coefficient (Wildman–Crippen LogP) is 2.01. The maximum absolute atomic E-state index is 12.5. The summed E-state index contributed by atoms with van der Waals surface area (Å²) in [5, 5.41) is 16.7. The number of nitrogens with zero attached hydrogens (tertiary/aromatic N) is 1. The summed E-state index contributed by atoms with van der Waals surface area (Å²) in [5.41, 5.74) is 0.369. The van der Waals surface area contributed by atoms with Crippen molar-refractivity contribution in [3.63, 3.8) is 0 Å². The van der Waals surface area contributed by atoms with Gasteiger partial charge < -0.3 is 20.9 Å². The molecule has 0 spiro atoms. The number of hydrogen-bond acceptors (Lipinski definition) is 5. The normalized spacial score (nSPS) is 31.6. The van der Waals surface area contributed by atoms with Gasteiger partial charge in [0.05, 0.1) is 6.17 Å². The first-order chi connectivity index (χ1) is 13.1. The largest absolute Gasteiger partial charge is 0.335 e. The monoisotopic (exact) mass is 396 g/mol. The molecule has 3 atom stereocenters. The number of rotatable bonds is 7.